The van der Waals surface area contributed by atoms with E-state index in [0.717, 1.165) is 44.9 Å². The maximum atomic E-state index is 13.9. The van der Waals surface area contributed by atoms with Crippen molar-refractivity contribution in [3.05, 3.63) is 73.1 Å². The fourth-order valence-electron chi connectivity index (χ4n) is 4.08. The summed E-state index contributed by atoms with van der Waals surface area (Å²) in [4.78, 5) is 20.4. The minimum Gasteiger partial charge on any atom is -0.508 e. The van der Waals surface area contributed by atoms with Gasteiger partial charge in [-0.1, -0.05) is 0 Å². The molecular formula is C25H16FN7O. The van der Waals surface area contributed by atoms with E-state index >= 15 is 0 Å². The molecule has 0 fully saturated rings. The molecule has 9 heteroatoms. The lowest BCUT2D eigenvalue weighted by molar-refractivity contribution is 0.469. The number of pyridine rings is 3. The van der Waals surface area contributed by atoms with Crippen LogP contribution in [0.3, 0.4) is 0 Å². The Labute approximate surface area is 191 Å². The number of rotatable bonds is 4. The summed E-state index contributed by atoms with van der Waals surface area (Å²) >= 11 is 0. The minimum absolute atomic E-state index is 0.140. The van der Waals surface area contributed by atoms with Crippen LogP contribution in [0.5, 0.6) is 5.75 Å². The highest BCUT2D eigenvalue weighted by atomic mass is 19.1. The van der Waals surface area contributed by atoms with Crippen molar-refractivity contribution >= 4 is 34.5 Å². The summed E-state index contributed by atoms with van der Waals surface area (Å²) < 4.78 is 13.9. The lowest BCUT2D eigenvalue weighted by atomic mass is 10.0. The molecule has 3 N–H and O–H groups in total. The lowest BCUT2D eigenvalue weighted by Gasteiger charge is -2.04. The first kappa shape index (κ1) is 19.7. The van der Waals surface area contributed by atoms with Crippen LogP contribution in [0.4, 0.5) is 10.1 Å². The zero-order chi connectivity index (χ0) is 23.2. The number of aromatic nitrogens is 6. The van der Waals surface area contributed by atoms with Crippen molar-refractivity contribution in [2.75, 3.05) is 0 Å². The number of phenols is 1. The Morgan fingerprint density at radius 2 is 1.79 bits per heavy atom. The molecule has 0 atom stereocenters. The number of fused-ring (bicyclic) bond motifs is 2. The van der Waals surface area contributed by atoms with Crippen LogP contribution in [0.1, 0.15) is 0 Å². The molecule has 0 amide bonds. The molecule has 0 aliphatic heterocycles. The quantitative estimate of drug-likeness (QED) is 0.311. The van der Waals surface area contributed by atoms with Gasteiger partial charge in [0, 0.05) is 46.6 Å². The summed E-state index contributed by atoms with van der Waals surface area (Å²) in [5.74, 6) is -0.654. The van der Waals surface area contributed by atoms with Gasteiger partial charge in [0.15, 0.2) is 5.65 Å². The van der Waals surface area contributed by atoms with Gasteiger partial charge < -0.3 is 10.1 Å². The summed E-state index contributed by atoms with van der Waals surface area (Å²) in [5, 5.41) is 18.8. The third-order valence-electron chi connectivity index (χ3n) is 5.64. The van der Waals surface area contributed by atoms with E-state index < -0.39 is 5.82 Å². The molecule has 0 saturated heterocycles. The Morgan fingerprint density at radius 3 is 2.65 bits per heavy atom. The van der Waals surface area contributed by atoms with Gasteiger partial charge in [-0.15, -0.1) is 0 Å². The number of hydrogen-bond donors (Lipinski definition) is 3. The second-order valence-electron chi connectivity index (χ2n) is 7.79. The number of aromatic hydroxyl groups is 1. The third-order valence-corrected chi connectivity index (χ3v) is 5.64. The Hall–Kier alpha value is -4.92. The number of aliphatic imine (C=N–C) groups is 1. The van der Waals surface area contributed by atoms with Crippen LogP contribution in [0.2, 0.25) is 0 Å². The van der Waals surface area contributed by atoms with Crippen molar-refractivity contribution in [1.29, 1.82) is 0 Å². The molecule has 5 heterocycles. The van der Waals surface area contributed by atoms with E-state index in [1.165, 1.54) is 12.1 Å². The van der Waals surface area contributed by atoms with Gasteiger partial charge in [0.1, 0.15) is 17.2 Å². The number of aromatic amines is 2. The average Bonchev–Trinajstić information content (AvgIpc) is 3.46. The second-order valence-corrected chi connectivity index (χ2v) is 7.79. The molecule has 0 unspecified atom stereocenters. The van der Waals surface area contributed by atoms with E-state index in [9.17, 15) is 9.50 Å². The van der Waals surface area contributed by atoms with E-state index in [0.29, 0.717) is 22.5 Å². The molecule has 5 aromatic heterocycles. The normalized spacial score (nSPS) is 11.3. The van der Waals surface area contributed by atoms with Gasteiger partial charge in [0.25, 0.3) is 0 Å². The smallest absolute Gasteiger partial charge is 0.181 e. The highest BCUT2D eigenvalue weighted by Gasteiger charge is 2.16. The number of nitrogens with one attached hydrogen (secondary N) is 2. The van der Waals surface area contributed by atoms with Gasteiger partial charge in [-0.25, -0.2) is 14.4 Å². The van der Waals surface area contributed by atoms with Crippen LogP contribution in [-0.2, 0) is 0 Å². The molecule has 8 nitrogen and oxygen atoms in total. The molecule has 0 spiro atoms. The molecule has 6 rings (SSSR count). The molecule has 0 bridgehead atoms. The van der Waals surface area contributed by atoms with Gasteiger partial charge in [0.2, 0.25) is 0 Å². The van der Waals surface area contributed by atoms with Crippen LogP contribution >= 0.6 is 0 Å². The number of phenolic OH excluding ortho intramolecular Hbond substituents is 1. The molecule has 1 aromatic carbocycles. The molecule has 34 heavy (non-hydrogen) atoms. The van der Waals surface area contributed by atoms with Crippen molar-refractivity contribution < 1.29 is 9.50 Å². The topological polar surface area (TPSA) is 116 Å². The third kappa shape index (κ3) is 3.27. The first-order chi connectivity index (χ1) is 16.6. The molecule has 0 aliphatic rings. The highest BCUT2D eigenvalue weighted by molar-refractivity contribution is 5.99. The molecule has 164 valence electrons. The number of benzene rings is 1. The van der Waals surface area contributed by atoms with Crippen molar-refractivity contribution in [2.24, 2.45) is 4.99 Å². The maximum absolute atomic E-state index is 13.9. The van der Waals surface area contributed by atoms with Crippen molar-refractivity contribution in [3.63, 3.8) is 0 Å². The summed E-state index contributed by atoms with van der Waals surface area (Å²) in [6.45, 7) is 3.56. The Morgan fingerprint density at radius 1 is 0.912 bits per heavy atom. The van der Waals surface area contributed by atoms with E-state index in [1.54, 1.807) is 30.9 Å². The van der Waals surface area contributed by atoms with Crippen molar-refractivity contribution in [2.45, 2.75) is 0 Å². The Bertz CT molecular complexity index is 1700. The molecule has 6 aromatic rings. The predicted octanol–water partition coefficient (Wildman–Crippen LogP) is 5.41. The first-order valence-corrected chi connectivity index (χ1v) is 10.3. The standard InChI is InChI=1S/C25H16FN7O/c1-27-17-5-14(10-28-12-17)15-7-21-23(32-33-25(21)30-11-15)22-9-20-19(2-3-29-24(20)31-22)13-4-16(26)8-18(34)6-13/h2-12,34H,1H2,(H,29,31)(H,30,32,33). The van der Waals surface area contributed by atoms with Crippen LogP contribution in [0.25, 0.3) is 55.7 Å². The monoisotopic (exact) mass is 449 g/mol. The molecular weight excluding hydrogens is 433 g/mol. The van der Waals surface area contributed by atoms with Crippen molar-refractivity contribution in [3.8, 4) is 39.4 Å². The molecule has 0 radical (unpaired) electrons. The van der Waals surface area contributed by atoms with Crippen LogP contribution in [-0.4, -0.2) is 42.0 Å². The average molecular weight is 449 g/mol. The number of halogens is 1. The largest absolute Gasteiger partial charge is 0.508 e. The number of H-pyrrole nitrogens is 2. The van der Waals surface area contributed by atoms with Gasteiger partial charge in [-0.3, -0.25) is 15.1 Å². The maximum Gasteiger partial charge on any atom is 0.181 e. The number of hydrogen-bond acceptors (Lipinski definition) is 6. The van der Waals surface area contributed by atoms with Crippen LogP contribution in [0, 0.1) is 5.82 Å². The predicted molar refractivity (Wildman–Crippen MR) is 128 cm³/mol. The summed E-state index contributed by atoms with van der Waals surface area (Å²) in [7, 11) is 0. The van der Waals surface area contributed by atoms with E-state index in [2.05, 4.69) is 41.8 Å². The van der Waals surface area contributed by atoms with Gasteiger partial charge in [-0.2, -0.15) is 5.10 Å². The van der Waals surface area contributed by atoms with Crippen LogP contribution < -0.4 is 0 Å². The van der Waals surface area contributed by atoms with Gasteiger partial charge in [0.05, 0.1) is 23.3 Å². The first-order valence-electron chi connectivity index (χ1n) is 10.3. The fraction of sp³-hybridized carbons (Fsp3) is 0. The summed E-state index contributed by atoms with van der Waals surface area (Å²) in [6, 6.07) is 11.5. The fourth-order valence-corrected chi connectivity index (χ4v) is 4.08. The zero-order valence-electron chi connectivity index (χ0n) is 17.6. The van der Waals surface area contributed by atoms with E-state index in [-0.39, 0.29) is 5.75 Å². The molecule has 0 saturated carbocycles. The highest BCUT2D eigenvalue weighted by Crippen LogP contribution is 2.35. The molecule has 0 aliphatic carbocycles. The SMILES string of the molecule is C=Nc1cncc(-c2cnc3n[nH]c(-c4cc5c(-c6cc(O)cc(F)c6)ccnc5[nH]4)c3c2)c1. The van der Waals surface area contributed by atoms with Crippen molar-refractivity contribution in [1.82, 2.24) is 30.1 Å². The zero-order valence-corrected chi connectivity index (χ0v) is 17.6. The Balaban J connectivity index is 1.50. The summed E-state index contributed by atoms with van der Waals surface area (Å²) in [6.07, 6.45) is 6.75. The second kappa shape index (κ2) is 7.59. The van der Waals surface area contributed by atoms with E-state index in [1.807, 2.05) is 18.2 Å². The lowest BCUT2D eigenvalue weighted by Crippen LogP contribution is -1.84. The Kier molecular flexibility index (Phi) is 4.41. The van der Waals surface area contributed by atoms with E-state index in [4.69, 9.17) is 0 Å². The van der Waals surface area contributed by atoms with Gasteiger partial charge in [-0.05, 0) is 54.2 Å². The summed E-state index contributed by atoms with van der Waals surface area (Å²) in [5.41, 5.74) is 6.35. The van der Waals surface area contributed by atoms with Gasteiger partial charge >= 0.3 is 0 Å². The number of nitrogens with zero attached hydrogens (tertiary/aromatic N) is 5. The van der Waals surface area contributed by atoms with Crippen LogP contribution in [0.15, 0.2) is 72.2 Å². The minimum atomic E-state index is -0.515.